The van der Waals surface area contributed by atoms with Gasteiger partial charge in [0.1, 0.15) is 21.6 Å². The minimum atomic E-state index is -0.816. The molecule has 1 aliphatic heterocycles. The Kier molecular flexibility index (Phi) is 6.55. The molecular weight excluding hydrogens is 410 g/mol. The highest BCUT2D eigenvalue weighted by molar-refractivity contribution is 7.20. The van der Waals surface area contributed by atoms with Crippen LogP contribution >= 0.6 is 11.3 Å². The van der Waals surface area contributed by atoms with Gasteiger partial charge in [-0.05, 0) is 24.8 Å². The number of fused-ring (bicyclic) bond motifs is 2. The maximum Gasteiger partial charge on any atom is 0.349 e. The van der Waals surface area contributed by atoms with E-state index in [4.69, 9.17) is 9.47 Å². The number of nitrogens with zero attached hydrogens (tertiary/aromatic N) is 2. The summed E-state index contributed by atoms with van der Waals surface area (Å²) in [6, 6.07) is -0.816. The monoisotopic (exact) mass is 435 g/mol. The molecule has 0 aromatic carbocycles. The Balaban J connectivity index is 1.72. The van der Waals surface area contributed by atoms with Crippen LogP contribution in [0.2, 0.25) is 0 Å². The summed E-state index contributed by atoms with van der Waals surface area (Å²) < 4.78 is 11.5. The summed E-state index contributed by atoms with van der Waals surface area (Å²) >= 11 is 1.09. The SMILES string of the molecule is CCC(C)C(NC(=O)COC(=O)c1sc2nc3n(c(=O)c2c1C)CCC3)C(=O)OC. The molecule has 0 radical (unpaired) electrons. The number of esters is 2. The van der Waals surface area contributed by atoms with E-state index in [9.17, 15) is 19.2 Å². The number of methoxy groups -OCH3 is 1. The summed E-state index contributed by atoms with van der Waals surface area (Å²) in [7, 11) is 1.25. The summed E-state index contributed by atoms with van der Waals surface area (Å²) in [5.74, 6) is -1.26. The maximum absolute atomic E-state index is 12.7. The Hall–Kier alpha value is -2.75. The molecule has 1 N–H and O–H groups in total. The van der Waals surface area contributed by atoms with Crippen LogP contribution in [0.1, 0.15) is 47.7 Å². The van der Waals surface area contributed by atoms with Gasteiger partial charge in [0.05, 0.1) is 12.5 Å². The molecular formula is C20H25N3O6S. The quantitative estimate of drug-likeness (QED) is 0.656. The van der Waals surface area contributed by atoms with Crippen molar-refractivity contribution >= 4 is 39.4 Å². The minimum absolute atomic E-state index is 0.136. The number of thiophene rings is 1. The van der Waals surface area contributed by atoms with Gasteiger partial charge in [0, 0.05) is 13.0 Å². The van der Waals surface area contributed by atoms with Gasteiger partial charge in [-0.1, -0.05) is 20.3 Å². The van der Waals surface area contributed by atoms with Crippen molar-refractivity contribution in [1.82, 2.24) is 14.9 Å². The fraction of sp³-hybridized carbons (Fsp3) is 0.550. The van der Waals surface area contributed by atoms with E-state index in [1.54, 1.807) is 11.5 Å². The predicted octanol–water partition coefficient (Wildman–Crippen LogP) is 1.57. The Morgan fingerprint density at radius 2 is 2.07 bits per heavy atom. The normalized spacial score (nSPS) is 14.8. The zero-order chi connectivity index (χ0) is 22.0. The zero-order valence-corrected chi connectivity index (χ0v) is 18.3. The number of hydrogen-bond acceptors (Lipinski definition) is 8. The summed E-state index contributed by atoms with van der Waals surface area (Å²) in [6.45, 7) is 5.47. The molecule has 2 atom stereocenters. The molecule has 0 aliphatic carbocycles. The number of nitrogens with one attached hydrogen (secondary N) is 1. The van der Waals surface area contributed by atoms with E-state index in [2.05, 4.69) is 10.3 Å². The summed E-state index contributed by atoms with van der Waals surface area (Å²) in [5, 5.41) is 2.97. The van der Waals surface area contributed by atoms with E-state index >= 15 is 0 Å². The molecule has 0 bridgehead atoms. The predicted molar refractivity (Wildman–Crippen MR) is 111 cm³/mol. The minimum Gasteiger partial charge on any atom is -0.467 e. The van der Waals surface area contributed by atoms with Crippen LogP contribution in [-0.2, 0) is 32.0 Å². The van der Waals surface area contributed by atoms with Crippen LogP contribution in [0.3, 0.4) is 0 Å². The van der Waals surface area contributed by atoms with Crippen molar-refractivity contribution in [3.63, 3.8) is 0 Å². The lowest BCUT2D eigenvalue weighted by molar-refractivity contribution is -0.147. The Bertz CT molecular complexity index is 1060. The van der Waals surface area contributed by atoms with Crippen LogP contribution < -0.4 is 10.9 Å². The average Bonchev–Trinajstić information content (AvgIpc) is 3.34. The van der Waals surface area contributed by atoms with Crippen molar-refractivity contribution in [2.24, 2.45) is 5.92 Å². The molecule has 1 aliphatic rings. The second-order valence-electron chi connectivity index (χ2n) is 7.35. The van der Waals surface area contributed by atoms with E-state index in [0.717, 1.165) is 30.0 Å². The van der Waals surface area contributed by atoms with Gasteiger partial charge in [-0.25, -0.2) is 14.6 Å². The topological polar surface area (TPSA) is 117 Å². The van der Waals surface area contributed by atoms with Crippen molar-refractivity contribution < 1.29 is 23.9 Å². The average molecular weight is 436 g/mol. The number of aromatic nitrogens is 2. The molecule has 3 heterocycles. The Labute approximate surface area is 177 Å². The van der Waals surface area contributed by atoms with Gasteiger partial charge in [0.15, 0.2) is 6.61 Å². The first kappa shape index (κ1) is 21.9. The third-order valence-corrected chi connectivity index (χ3v) is 6.58. The van der Waals surface area contributed by atoms with E-state index in [1.807, 2.05) is 13.8 Å². The number of aryl methyl sites for hydroxylation is 2. The highest BCUT2D eigenvalue weighted by Crippen LogP contribution is 2.29. The molecule has 1 amide bonds. The second kappa shape index (κ2) is 8.95. The lowest BCUT2D eigenvalue weighted by Crippen LogP contribution is -2.47. The summed E-state index contributed by atoms with van der Waals surface area (Å²) in [5.41, 5.74) is 0.361. The van der Waals surface area contributed by atoms with Crippen LogP contribution in [0.15, 0.2) is 4.79 Å². The Morgan fingerprint density at radius 3 is 2.73 bits per heavy atom. The zero-order valence-electron chi connectivity index (χ0n) is 17.4. The number of hydrogen-bond donors (Lipinski definition) is 1. The molecule has 2 aromatic rings. The van der Waals surface area contributed by atoms with Gasteiger partial charge in [-0.15, -0.1) is 11.3 Å². The van der Waals surface area contributed by atoms with Crippen molar-refractivity contribution in [3.8, 4) is 0 Å². The molecule has 0 fully saturated rings. The van der Waals surface area contributed by atoms with Crippen molar-refractivity contribution in [1.29, 1.82) is 0 Å². The van der Waals surface area contributed by atoms with Gasteiger partial charge in [0.2, 0.25) is 0 Å². The van der Waals surface area contributed by atoms with Crippen molar-refractivity contribution in [2.45, 2.75) is 52.6 Å². The van der Waals surface area contributed by atoms with Crippen molar-refractivity contribution in [2.75, 3.05) is 13.7 Å². The van der Waals surface area contributed by atoms with Gasteiger partial charge in [-0.3, -0.25) is 14.2 Å². The van der Waals surface area contributed by atoms with Gasteiger partial charge < -0.3 is 14.8 Å². The molecule has 2 aromatic heterocycles. The van der Waals surface area contributed by atoms with Crippen LogP contribution in [0.5, 0.6) is 0 Å². The van der Waals surface area contributed by atoms with Crippen LogP contribution in [0.25, 0.3) is 10.2 Å². The number of amides is 1. The molecule has 10 heteroatoms. The first-order valence-corrected chi connectivity index (χ1v) is 10.7. The second-order valence-corrected chi connectivity index (χ2v) is 8.35. The number of carbonyl (C=O) groups excluding carboxylic acids is 3. The standard InChI is InChI=1S/C20H25N3O6S/c1-5-10(2)15(19(26)28-4)22-13(24)9-29-20(27)16-11(3)14-17(30-16)21-12-7-6-8-23(12)18(14)25/h10,15H,5-9H2,1-4H3,(H,22,24). The van der Waals surface area contributed by atoms with Crippen LogP contribution in [0.4, 0.5) is 0 Å². The van der Waals surface area contributed by atoms with E-state index < -0.39 is 30.5 Å². The van der Waals surface area contributed by atoms with E-state index in [-0.39, 0.29) is 16.4 Å². The summed E-state index contributed by atoms with van der Waals surface area (Å²) in [6.07, 6.45) is 2.28. The van der Waals surface area contributed by atoms with Gasteiger partial charge >= 0.3 is 11.9 Å². The first-order valence-electron chi connectivity index (χ1n) is 9.85. The highest BCUT2D eigenvalue weighted by Gasteiger charge is 2.28. The lowest BCUT2D eigenvalue weighted by atomic mass is 9.99. The molecule has 0 saturated heterocycles. The number of ether oxygens (including phenoxy) is 2. The fourth-order valence-electron chi connectivity index (χ4n) is 3.48. The van der Waals surface area contributed by atoms with Crippen LogP contribution in [0, 0.1) is 12.8 Å². The fourth-order valence-corrected chi connectivity index (χ4v) is 4.56. The van der Waals surface area contributed by atoms with Crippen LogP contribution in [-0.4, -0.2) is 47.2 Å². The molecule has 162 valence electrons. The Morgan fingerprint density at radius 1 is 1.33 bits per heavy atom. The molecule has 3 rings (SSSR count). The largest absolute Gasteiger partial charge is 0.467 e. The molecule has 0 spiro atoms. The lowest BCUT2D eigenvalue weighted by Gasteiger charge is -2.21. The number of rotatable bonds is 7. The van der Waals surface area contributed by atoms with Crippen molar-refractivity contribution in [3.05, 3.63) is 26.6 Å². The molecule has 2 unspecified atom stereocenters. The summed E-state index contributed by atoms with van der Waals surface area (Å²) in [4.78, 5) is 54.6. The first-order chi connectivity index (χ1) is 14.3. The highest BCUT2D eigenvalue weighted by atomic mass is 32.1. The molecule has 0 saturated carbocycles. The molecule has 9 nitrogen and oxygen atoms in total. The third kappa shape index (κ3) is 4.09. The molecule has 30 heavy (non-hydrogen) atoms. The maximum atomic E-state index is 12.7. The number of carbonyl (C=O) groups is 3. The van der Waals surface area contributed by atoms with E-state index in [1.165, 1.54) is 7.11 Å². The van der Waals surface area contributed by atoms with Gasteiger partial charge in [0.25, 0.3) is 11.5 Å². The smallest absolute Gasteiger partial charge is 0.349 e. The van der Waals surface area contributed by atoms with Gasteiger partial charge in [-0.2, -0.15) is 0 Å². The van der Waals surface area contributed by atoms with E-state index in [0.29, 0.717) is 28.7 Å². The third-order valence-electron chi connectivity index (χ3n) is 5.42.